The summed E-state index contributed by atoms with van der Waals surface area (Å²) in [7, 11) is 1.36. The van der Waals surface area contributed by atoms with Gasteiger partial charge in [-0.2, -0.15) is 0 Å². The van der Waals surface area contributed by atoms with Crippen LogP contribution in [0, 0.1) is 0 Å². The Morgan fingerprint density at radius 1 is 1.20 bits per heavy atom. The third kappa shape index (κ3) is 3.26. The second-order valence-corrected chi connectivity index (χ2v) is 4.38. The first-order chi connectivity index (χ1) is 9.60. The number of hydrogen-bond donors (Lipinski definition) is 1. The Kier molecular flexibility index (Phi) is 4.20. The maximum absolute atomic E-state index is 11.3. The van der Waals surface area contributed by atoms with Gasteiger partial charge in [0.25, 0.3) is 0 Å². The molecule has 1 aromatic heterocycles. The Morgan fingerprint density at radius 2 is 1.90 bits per heavy atom. The van der Waals surface area contributed by atoms with Gasteiger partial charge in [0.15, 0.2) is 0 Å². The van der Waals surface area contributed by atoms with Crippen LogP contribution in [-0.4, -0.2) is 23.6 Å². The van der Waals surface area contributed by atoms with E-state index in [-0.39, 0.29) is 11.9 Å². The van der Waals surface area contributed by atoms with Crippen molar-refractivity contribution in [2.45, 2.75) is 13.5 Å². The highest BCUT2D eigenvalue weighted by Crippen LogP contribution is 2.12. The Bertz CT molecular complexity index is 614. The predicted molar refractivity (Wildman–Crippen MR) is 74.6 cm³/mol. The van der Waals surface area contributed by atoms with E-state index in [9.17, 15) is 9.59 Å². The molecule has 0 aliphatic heterocycles. The molecular formula is C15H16N2O3. The summed E-state index contributed by atoms with van der Waals surface area (Å²) in [6.07, 6.45) is 3.84. The number of benzene rings is 1. The average molecular weight is 272 g/mol. The van der Waals surface area contributed by atoms with Crippen molar-refractivity contribution >= 4 is 11.9 Å². The van der Waals surface area contributed by atoms with Crippen molar-refractivity contribution in [3.05, 3.63) is 53.9 Å². The molecule has 0 saturated carbocycles. The van der Waals surface area contributed by atoms with Crippen LogP contribution < -0.4 is 5.32 Å². The Labute approximate surface area is 117 Å². The molecule has 1 amide bonds. The molecule has 20 heavy (non-hydrogen) atoms. The molecule has 0 unspecified atom stereocenters. The summed E-state index contributed by atoms with van der Waals surface area (Å²) in [5, 5.41) is 2.74. The number of ether oxygens (including phenoxy) is 1. The third-order valence-electron chi connectivity index (χ3n) is 2.88. The molecule has 1 heterocycles. The summed E-state index contributed by atoms with van der Waals surface area (Å²) < 4.78 is 6.58. The first kappa shape index (κ1) is 13.9. The molecule has 1 aromatic carbocycles. The van der Waals surface area contributed by atoms with E-state index in [0.717, 1.165) is 11.3 Å². The van der Waals surface area contributed by atoms with Crippen LogP contribution in [0.5, 0.6) is 0 Å². The van der Waals surface area contributed by atoms with Crippen molar-refractivity contribution in [3.8, 4) is 5.69 Å². The van der Waals surface area contributed by atoms with Crippen LogP contribution in [0.25, 0.3) is 5.69 Å². The van der Waals surface area contributed by atoms with Crippen molar-refractivity contribution in [2.75, 3.05) is 7.11 Å². The maximum atomic E-state index is 11.3. The molecule has 0 fully saturated rings. The first-order valence-corrected chi connectivity index (χ1v) is 6.20. The number of nitrogens with one attached hydrogen (secondary N) is 1. The lowest BCUT2D eigenvalue weighted by Gasteiger charge is -2.04. The van der Waals surface area contributed by atoms with Gasteiger partial charge in [-0.3, -0.25) is 4.79 Å². The lowest BCUT2D eigenvalue weighted by molar-refractivity contribution is -0.119. The summed E-state index contributed by atoms with van der Waals surface area (Å²) in [5.74, 6) is -0.407. The van der Waals surface area contributed by atoms with Gasteiger partial charge < -0.3 is 14.6 Å². The molecule has 5 heteroatoms. The van der Waals surface area contributed by atoms with Gasteiger partial charge in [0.05, 0.1) is 12.7 Å². The van der Waals surface area contributed by atoms with E-state index in [1.54, 1.807) is 12.1 Å². The summed E-state index contributed by atoms with van der Waals surface area (Å²) in [4.78, 5) is 22.2. The van der Waals surface area contributed by atoms with Crippen molar-refractivity contribution in [1.82, 2.24) is 9.88 Å². The molecular weight excluding hydrogens is 256 g/mol. The number of rotatable bonds is 4. The topological polar surface area (TPSA) is 60.3 Å². The standard InChI is InChI=1S/C15H16N2O3/c1-11(18)16-9-12-7-8-17(10-12)14-5-3-13(4-6-14)15(19)20-2/h3-8,10H,9H2,1-2H3,(H,16,18). The Balaban J connectivity index is 2.11. The molecule has 0 aliphatic carbocycles. The summed E-state index contributed by atoms with van der Waals surface area (Å²) in [5.41, 5.74) is 2.46. The van der Waals surface area contributed by atoms with E-state index in [1.165, 1.54) is 14.0 Å². The van der Waals surface area contributed by atoms with E-state index < -0.39 is 0 Å². The number of carbonyl (C=O) groups is 2. The van der Waals surface area contributed by atoms with Crippen molar-refractivity contribution in [1.29, 1.82) is 0 Å². The minimum atomic E-state index is -0.351. The van der Waals surface area contributed by atoms with Crippen molar-refractivity contribution in [2.24, 2.45) is 0 Å². The number of aromatic nitrogens is 1. The number of amides is 1. The fraction of sp³-hybridized carbons (Fsp3) is 0.200. The summed E-state index contributed by atoms with van der Waals surface area (Å²) in [6.45, 7) is 1.99. The van der Waals surface area contributed by atoms with Gasteiger partial charge in [0.2, 0.25) is 5.91 Å². The zero-order valence-electron chi connectivity index (χ0n) is 11.4. The molecule has 2 rings (SSSR count). The minimum Gasteiger partial charge on any atom is -0.465 e. The fourth-order valence-corrected chi connectivity index (χ4v) is 1.82. The lowest BCUT2D eigenvalue weighted by Crippen LogP contribution is -2.18. The van der Waals surface area contributed by atoms with Crippen LogP contribution in [0.1, 0.15) is 22.8 Å². The van der Waals surface area contributed by atoms with Crippen LogP contribution >= 0.6 is 0 Å². The molecule has 0 spiro atoms. The van der Waals surface area contributed by atoms with E-state index in [2.05, 4.69) is 10.1 Å². The number of carbonyl (C=O) groups excluding carboxylic acids is 2. The van der Waals surface area contributed by atoms with Crippen LogP contribution in [-0.2, 0) is 16.1 Å². The zero-order chi connectivity index (χ0) is 14.5. The second-order valence-electron chi connectivity index (χ2n) is 4.38. The molecule has 104 valence electrons. The quantitative estimate of drug-likeness (QED) is 0.865. The van der Waals surface area contributed by atoms with Gasteiger partial charge in [0.1, 0.15) is 0 Å². The predicted octanol–water partition coefficient (Wildman–Crippen LogP) is 1.90. The van der Waals surface area contributed by atoms with Gasteiger partial charge in [-0.25, -0.2) is 4.79 Å². The highest BCUT2D eigenvalue weighted by Gasteiger charge is 2.05. The maximum Gasteiger partial charge on any atom is 0.337 e. The number of hydrogen-bond acceptors (Lipinski definition) is 3. The molecule has 0 aliphatic rings. The average Bonchev–Trinajstić information content (AvgIpc) is 2.93. The van der Waals surface area contributed by atoms with Crippen LogP contribution in [0.3, 0.4) is 0 Å². The summed E-state index contributed by atoms with van der Waals surface area (Å²) in [6, 6.07) is 9.05. The van der Waals surface area contributed by atoms with Crippen LogP contribution in [0.15, 0.2) is 42.7 Å². The first-order valence-electron chi connectivity index (χ1n) is 6.20. The van der Waals surface area contributed by atoms with Gasteiger partial charge in [-0.1, -0.05) is 0 Å². The monoisotopic (exact) mass is 272 g/mol. The van der Waals surface area contributed by atoms with Gasteiger partial charge >= 0.3 is 5.97 Å². The van der Waals surface area contributed by atoms with E-state index in [0.29, 0.717) is 12.1 Å². The van der Waals surface area contributed by atoms with Crippen molar-refractivity contribution in [3.63, 3.8) is 0 Å². The van der Waals surface area contributed by atoms with Crippen molar-refractivity contribution < 1.29 is 14.3 Å². The van der Waals surface area contributed by atoms with Crippen LogP contribution in [0.4, 0.5) is 0 Å². The number of methoxy groups -OCH3 is 1. The number of esters is 1. The third-order valence-corrected chi connectivity index (χ3v) is 2.88. The highest BCUT2D eigenvalue weighted by molar-refractivity contribution is 5.89. The number of nitrogens with zero attached hydrogens (tertiary/aromatic N) is 1. The van der Waals surface area contributed by atoms with E-state index in [1.807, 2.05) is 35.2 Å². The molecule has 0 saturated heterocycles. The second kappa shape index (κ2) is 6.06. The van der Waals surface area contributed by atoms with E-state index >= 15 is 0 Å². The molecule has 1 N–H and O–H groups in total. The SMILES string of the molecule is COC(=O)c1ccc(-n2ccc(CNC(C)=O)c2)cc1. The fourth-order valence-electron chi connectivity index (χ4n) is 1.82. The highest BCUT2D eigenvalue weighted by atomic mass is 16.5. The Morgan fingerprint density at radius 3 is 2.50 bits per heavy atom. The van der Waals surface area contributed by atoms with Gasteiger partial charge in [-0.05, 0) is 35.9 Å². The van der Waals surface area contributed by atoms with Gasteiger partial charge in [-0.15, -0.1) is 0 Å². The smallest absolute Gasteiger partial charge is 0.337 e. The largest absolute Gasteiger partial charge is 0.465 e. The zero-order valence-corrected chi connectivity index (χ0v) is 11.4. The minimum absolute atomic E-state index is 0.0554. The normalized spacial score (nSPS) is 10.1. The molecule has 2 aromatic rings. The molecule has 0 bridgehead atoms. The molecule has 5 nitrogen and oxygen atoms in total. The van der Waals surface area contributed by atoms with E-state index in [4.69, 9.17) is 0 Å². The summed E-state index contributed by atoms with van der Waals surface area (Å²) >= 11 is 0. The Hall–Kier alpha value is -2.56. The lowest BCUT2D eigenvalue weighted by atomic mass is 10.2. The molecule has 0 radical (unpaired) electrons. The molecule has 0 atom stereocenters. The van der Waals surface area contributed by atoms with Crippen LogP contribution in [0.2, 0.25) is 0 Å². The van der Waals surface area contributed by atoms with Gasteiger partial charge in [0, 0.05) is 31.5 Å².